The summed E-state index contributed by atoms with van der Waals surface area (Å²) >= 11 is 0. The zero-order valence-corrected chi connectivity index (χ0v) is 14.3. The van der Waals surface area contributed by atoms with Gasteiger partial charge in [0.1, 0.15) is 0 Å². The first-order valence-corrected chi connectivity index (χ1v) is 8.62. The van der Waals surface area contributed by atoms with Crippen LogP contribution in [0.4, 0.5) is 0 Å². The van der Waals surface area contributed by atoms with E-state index in [0.717, 1.165) is 39.3 Å². The van der Waals surface area contributed by atoms with Crippen molar-refractivity contribution >= 4 is 0 Å². The highest BCUT2D eigenvalue weighted by Gasteiger charge is 2.19. The summed E-state index contributed by atoms with van der Waals surface area (Å²) in [6.07, 6.45) is 1.90. The van der Waals surface area contributed by atoms with E-state index in [9.17, 15) is 0 Å². The summed E-state index contributed by atoms with van der Waals surface area (Å²) in [5.41, 5.74) is 3.96. The van der Waals surface area contributed by atoms with E-state index in [1.807, 2.05) is 12.3 Å². The molecule has 0 bridgehead atoms. The second-order valence-corrected chi connectivity index (χ2v) is 6.66. The van der Waals surface area contributed by atoms with Crippen molar-refractivity contribution in [3.05, 3.63) is 65.5 Å². The summed E-state index contributed by atoms with van der Waals surface area (Å²) in [4.78, 5) is 9.65. The lowest BCUT2D eigenvalue weighted by molar-refractivity contribution is 0.122. The number of pyridine rings is 1. The van der Waals surface area contributed by atoms with Crippen LogP contribution >= 0.6 is 0 Å². The Bertz CT molecular complexity index is 603. The summed E-state index contributed by atoms with van der Waals surface area (Å²) in [6, 6.07) is 15.0. The molecule has 1 aromatic carbocycles. The highest BCUT2D eigenvalue weighted by molar-refractivity contribution is 5.19. The Balaban J connectivity index is 1.48. The fourth-order valence-electron chi connectivity index (χ4n) is 3.30. The van der Waals surface area contributed by atoms with E-state index >= 15 is 0 Å². The van der Waals surface area contributed by atoms with E-state index in [-0.39, 0.29) is 0 Å². The number of piperazine rings is 1. The zero-order chi connectivity index (χ0) is 16.1. The molecule has 1 saturated heterocycles. The van der Waals surface area contributed by atoms with Crippen LogP contribution in [0.25, 0.3) is 0 Å². The van der Waals surface area contributed by atoms with Gasteiger partial charge in [0.05, 0.1) is 5.69 Å². The van der Waals surface area contributed by atoms with E-state index in [1.54, 1.807) is 0 Å². The molecule has 1 aliphatic heterocycles. The number of aromatic nitrogens is 1. The SMILES string of the molecule is Cc1cccnc1CN1CCN(CC(C)c2ccccc2)CC1. The minimum Gasteiger partial charge on any atom is -0.300 e. The number of aryl methyl sites for hydroxylation is 1. The van der Waals surface area contributed by atoms with Crippen LogP contribution in [-0.2, 0) is 6.54 Å². The van der Waals surface area contributed by atoms with Gasteiger partial charge in [0.15, 0.2) is 0 Å². The maximum atomic E-state index is 4.52. The highest BCUT2D eigenvalue weighted by atomic mass is 15.3. The van der Waals surface area contributed by atoms with Gasteiger partial charge in [0, 0.05) is 45.5 Å². The van der Waals surface area contributed by atoms with Gasteiger partial charge >= 0.3 is 0 Å². The Morgan fingerprint density at radius 3 is 2.35 bits per heavy atom. The summed E-state index contributed by atoms with van der Waals surface area (Å²) in [6.45, 7) is 11.2. The second kappa shape index (κ2) is 7.71. The van der Waals surface area contributed by atoms with Crippen molar-refractivity contribution in [2.45, 2.75) is 26.3 Å². The van der Waals surface area contributed by atoms with Crippen molar-refractivity contribution in [3.63, 3.8) is 0 Å². The molecule has 23 heavy (non-hydrogen) atoms. The lowest BCUT2D eigenvalue weighted by Crippen LogP contribution is -2.47. The molecule has 1 fully saturated rings. The van der Waals surface area contributed by atoms with E-state index < -0.39 is 0 Å². The quantitative estimate of drug-likeness (QED) is 0.845. The van der Waals surface area contributed by atoms with Crippen molar-refractivity contribution in [2.24, 2.45) is 0 Å². The van der Waals surface area contributed by atoms with Crippen LogP contribution in [0, 0.1) is 6.92 Å². The predicted octanol–water partition coefficient (Wildman–Crippen LogP) is 3.31. The van der Waals surface area contributed by atoms with Crippen molar-refractivity contribution in [1.82, 2.24) is 14.8 Å². The smallest absolute Gasteiger partial charge is 0.0573 e. The summed E-state index contributed by atoms with van der Waals surface area (Å²) in [5, 5.41) is 0. The second-order valence-electron chi connectivity index (χ2n) is 6.66. The molecule has 0 saturated carbocycles. The number of benzene rings is 1. The number of hydrogen-bond donors (Lipinski definition) is 0. The Labute approximate surface area is 140 Å². The predicted molar refractivity (Wildman–Crippen MR) is 95.5 cm³/mol. The van der Waals surface area contributed by atoms with Gasteiger partial charge in [-0.05, 0) is 30.0 Å². The fourth-order valence-corrected chi connectivity index (χ4v) is 3.30. The van der Waals surface area contributed by atoms with Gasteiger partial charge in [0.25, 0.3) is 0 Å². The topological polar surface area (TPSA) is 19.4 Å². The van der Waals surface area contributed by atoms with Crippen molar-refractivity contribution in [3.8, 4) is 0 Å². The average molecular weight is 309 g/mol. The molecule has 0 N–H and O–H groups in total. The Hall–Kier alpha value is -1.71. The number of rotatable bonds is 5. The lowest BCUT2D eigenvalue weighted by Gasteiger charge is -2.36. The van der Waals surface area contributed by atoms with Gasteiger partial charge in [0.2, 0.25) is 0 Å². The van der Waals surface area contributed by atoms with E-state index in [0.29, 0.717) is 5.92 Å². The van der Waals surface area contributed by atoms with Crippen molar-refractivity contribution in [2.75, 3.05) is 32.7 Å². The molecule has 1 aliphatic rings. The third-order valence-corrected chi connectivity index (χ3v) is 4.86. The van der Waals surface area contributed by atoms with Gasteiger partial charge in [-0.15, -0.1) is 0 Å². The summed E-state index contributed by atoms with van der Waals surface area (Å²) in [5.74, 6) is 0.598. The van der Waals surface area contributed by atoms with Crippen molar-refractivity contribution in [1.29, 1.82) is 0 Å². The Morgan fingerprint density at radius 2 is 1.65 bits per heavy atom. The molecular formula is C20H27N3. The third kappa shape index (κ3) is 4.40. The van der Waals surface area contributed by atoms with Crippen LogP contribution in [0.5, 0.6) is 0 Å². The first-order valence-electron chi connectivity index (χ1n) is 8.62. The molecule has 0 spiro atoms. The molecule has 3 rings (SSSR count). The Morgan fingerprint density at radius 1 is 0.957 bits per heavy atom. The van der Waals surface area contributed by atoms with Gasteiger partial charge in [-0.3, -0.25) is 9.88 Å². The first-order chi connectivity index (χ1) is 11.2. The molecule has 1 aromatic heterocycles. The zero-order valence-electron chi connectivity index (χ0n) is 14.3. The Kier molecular flexibility index (Phi) is 5.42. The average Bonchev–Trinajstić information content (AvgIpc) is 2.59. The molecule has 3 heteroatoms. The van der Waals surface area contributed by atoms with Gasteiger partial charge in [-0.2, -0.15) is 0 Å². The molecular weight excluding hydrogens is 282 g/mol. The molecule has 0 aliphatic carbocycles. The minimum atomic E-state index is 0.598. The molecule has 0 amide bonds. The molecule has 0 radical (unpaired) electrons. The van der Waals surface area contributed by atoms with E-state index in [1.165, 1.54) is 16.8 Å². The lowest BCUT2D eigenvalue weighted by atomic mass is 10.0. The molecule has 2 aromatic rings. The van der Waals surface area contributed by atoms with Crippen molar-refractivity contribution < 1.29 is 0 Å². The third-order valence-electron chi connectivity index (χ3n) is 4.86. The highest BCUT2D eigenvalue weighted by Crippen LogP contribution is 2.17. The maximum Gasteiger partial charge on any atom is 0.0573 e. The fraction of sp³-hybridized carbons (Fsp3) is 0.450. The van der Waals surface area contributed by atoms with Crippen LogP contribution in [0.2, 0.25) is 0 Å². The molecule has 3 nitrogen and oxygen atoms in total. The van der Waals surface area contributed by atoms with E-state index in [2.05, 4.69) is 65.0 Å². The van der Waals surface area contributed by atoms with Crippen LogP contribution in [-0.4, -0.2) is 47.5 Å². The van der Waals surface area contributed by atoms with Crippen LogP contribution in [0.15, 0.2) is 48.7 Å². The minimum absolute atomic E-state index is 0.598. The normalized spacial score (nSPS) is 18.0. The summed E-state index contributed by atoms with van der Waals surface area (Å²) in [7, 11) is 0. The number of nitrogens with zero attached hydrogens (tertiary/aromatic N) is 3. The van der Waals surface area contributed by atoms with Crippen LogP contribution in [0.1, 0.15) is 29.7 Å². The van der Waals surface area contributed by atoms with Gasteiger partial charge < -0.3 is 4.90 Å². The molecule has 2 heterocycles. The van der Waals surface area contributed by atoms with Gasteiger partial charge in [-0.1, -0.05) is 43.3 Å². The largest absolute Gasteiger partial charge is 0.300 e. The van der Waals surface area contributed by atoms with Crippen LogP contribution in [0.3, 0.4) is 0 Å². The summed E-state index contributed by atoms with van der Waals surface area (Å²) < 4.78 is 0. The van der Waals surface area contributed by atoms with E-state index in [4.69, 9.17) is 0 Å². The maximum absolute atomic E-state index is 4.52. The molecule has 1 unspecified atom stereocenters. The van der Waals surface area contributed by atoms with Crippen LogP contribution < -0.4 is 0 Å². The standard InChI is InChI=1S/C20H27N3/c1-17-7-6-10-21-20(17)16-23-13-11-22(12-14-23)15-18(2)19-8-4-3-5-9-19/h3-10,18H,11-16H2,1-2H3. The molecule has 122 valence electrons. The van der Waals surface area contributed by atoms with Gasteiger partial charge in [-0.25, -0.2) is 0 Å². The molecule has 1 atom stereocenters. The first kappa shape index (κ1) is 16.2. The number of hydrogen-bond acceptors (Lipinski definition) is 3. The monoisotopic (exact) mass is 309 g/mol.